The van der Waals surface area contributed by atoms with Crippen molar-refractivity contribution in [2.24, 2.45) is 0 Å². The molecule has 0 aromatic heterocycles. The molecule has 0 amide bonds. The van der Waals surface area contributed by atoms with Crippen molar-refractivity contribution in [2.45, 2.75) is 0 Å². The maximum Gasteiger partial charge on any atom is 0.353 e. The monoisotopic (exact) mass is 111 g/mol. The lowest BCUT2D eigenvalue weighted by molar-refractivity contribution is -0.398. The highest BCUT2D eigenvalue weighted by Gasteiger charge is 1.10. The zero-order valence-corrected chi connectivity index (χ0v) is 5.45. The van der Waals surface area contributed by atoms with Gasteiger partial charge in [0.25, 0.3) is 0 Å². The summed E-state index contributed by atoms with van der Waals surface area (Å²) >= 11 is 0.778. The minimum Gasteiger partial charge on any atom is -0.273 e. The maximum atomic E-state index is 8.12. The molecule has 5 heteroatoms. The zero-order chi connectivity index (χ0) is 4.71. The average molecular weight is 111 g/mol. The molecule has 1 N–H and O–H groups in total. The molecule has 0 aliphatic carbocycles. The summed E-state index contributed by atoms with van der Waals surface area (Å²) in [5, 5.41) is 8.38. The van der Waals surface area contributed by atoms with Crippen LogP contribution in [0.1, 0.15) is 0 Å². The van der Waals surface area contributed by atoms with Crippen LogP contribution in [0.3, 0.4) is 0 Å². The van der Waals surface area contributed by atoms with E-state index in [1.807, 2.05) is 0 Å². The summed E-state index contributed by atoms with van der Waals surface area (Å²) in [5.74, 6) is 0. The first-order chi connectivity index (χ1) is 2.41. The molecule has 0 heterocycles. The summed E-state index contributed by atoms with van der Waals surface area (Å²) in [4.78, 5) is 8.12. The molecule has 0 fully saturated rings. The van der Waals surface area contributed by atoms with Crippen molar-refractivity contribution < 1.29 is 5.34 Å². The van der Waals surface area contributed by atoms with E-state index < -0.39 is 0 Å². The summed E-state index contributed by atoms with van der Waals surface area (Å²) in [6.45, 7) is 0. The van der Waals surface area contributed by atoms with E-state index in [0.29, 0.717) is 0 Å². The van der Waals surface area contributed by atoms with E-state index >= 15 is 0 Å². The van der Waals surface area contributed by atoms with Crippen LogP contribution in [-0.4, -0.2) is 15.4 Å². The SMILES string of the molecule is O=[NH+][O-].[AlH2][Cl]. The van der Waals surface area contributed by atoms with E-state index in [2.05, 4.69) is 0 Å². The number of halogens is 1. The van der Waals surface area contributed by atoms with Crippen molar-refractivity contribution in [1.82, 2.24) is 0 Å². The van der Waals surface area contributed by atoms with Gasteiger partial charge in [-0.3, -0.25) is 20.2 Å². The standard InChI is InChI=1S/Al.ClH.HNO2.2H/c;;2-1-3;;/h;1H;1H;;/q+1;;;;/p-1. The number of nitrogens with one attached hydrogen (secondary N) is 1. The molecule has 0 radical (unpaired) electrons. The van der Waals surface area contributed by atoms with Gasteiger partial charge in [-0.25, -0.2) is 0 Å². The molecule has 0 unspecified atom stereocenters. The van der Waals surface area contributed by atoms with Crippen LogP contribution in [0.5, 0.6) is 0 Å². The number of hydrogen-bond acceptors (Lipinski definition) is 2. The Hall–Kier alpha value is 0.222. The van der Waals surface area contributed by atoms with Gasteiger partial charge in [-0.15, -0.1) is 0 Å². The lowest BCUT2D eigenvalue weighted by atomic mass is 13.4. The summed E-state index contributed by atoms with van der Waals surface area (Å²) in [6.07, 6.45) is 0. The van der Waals surface area contributed by atoms with Gasteiger partial charge in [-0.05, 0) is 0 Å². The molecular weight excluding hydrogens is 108 g/mol. The first-order valence-electron chi connectivity index (χ1n) is 0.786. The summed E-state index contributed by atoms with van der Waals surface area (Å²) < 4.78 is 0. The number of hydrogen-bond donors (Lipinski definition) is 1. The molecule has 5 heavy (non-hydrogen) atoms. The maximum absolute atomic E-state index is 8.12. The van der Waals surface area contributed by atoms with Gasteiger partial charge in [-0.1, -0.05) is 0 Å². The third kappa shape index (κ3) is 421. The van der Waals surface area contributed by atoms with Gasteiger partial charge in [0.2, 0.25) is 0 Å². The van der Waals surface area contributed by atoms with Crippen LogP contribution >= 0.6 is 10.0 Å². The Labute approximate surface area is 41.5 Å². The molecule has 3 nitrogen and oxygen atoms in total. The first-order valence-corrected chi connectivity index (χ1v) is 3.81. The average Bonchev–Trinajstić information content (AvgIpc) is 1.46. The second-order valence-corrected chi connectivity index (χ2v) is 0.0833. The lowest BCUT2D eigenvalue weighted by Crippen LogP contribution is -2.53. The van der Waals surface area contributed by atoms with Gasteiger partial charge >= 0.3 is 15.4 Å². The van der Waals surface area contributed by atoms with Gasteiger partial charge in [0.1, 0.15) is 0 Å². The highest BCUT2D eigenvalue weighted by atomic mass is 35.6. The van der Waals surface area contributed by atoms with Crippen molar-refractivity contribution in [3.63, 3.8) is 0 Å². The minimum atomic E-state index is 0.250. The molecular formula is H3AlClNO2. The van der Waals surface area contributed by atoms with Crippen LogP contribution in [0.2, 0.25) is 0 Å². The van der Waals surface area contributed by atoms with E-state index in [1.165, 1.54) is 0 Å². The predicted octanol–water partition coefficient (Wildman–Crippen LogP) is -1.90. The quantitative estimate of drug-likeness (QED) is 0.226. The Balaban J connectivity index is 0. The molecule has 0 atom stereocenters. The molecule has 30 valence electrons. The van der Waals surface area contributed by atoms with Crippen LogP contribution in [-0.2, 0) is 0 Å². The molecule has 0 spiro atoms. The Morgan fingerprint density at radius 2 is 1.80 bits per heavy atom. The summed E-state index contributed by atoms with van der Waals surface area (Å²) in [7, 11) is 4.78. The van der Waals surface area contributed by atoms with Crippen LogP contribution in [0, 0.1) is 10.1 Å². The third-order valence-corrected chi connectivity index (χ3v) is 0. The van der Waals surface area contributed by atoms with E-state index in [4.69, 9.17) is 20.2 Å². The summed E-state index contributed by atoms with van der Waals surface area (Å²) in [5.41, 5.74) is 0. The Kier molecular flexibility index (Phi) is 52.6. The molecule has 0 aliphatic rings. The van der Waals surface area contributed by atoms with Crippen LogP contribution in [0.25, 0.3) is 0 Å². The largest absolute Gasteiger partial charge is 0.353 e. The Morgan fingerprint density at radius 1 is 1.80 bits per heavy atom. The molecule has 0 rings (SSSR count). The van der Waals surface area contributed by atoms with Crippen LogP contribution in [0.4, 0.5) is 0 Å². The molecule has 0 aliphatic heterocycles. The highest BCUT2D eigenvalue weighted by Crippen LogP contribution is 1.29. The van der Waals surface area contributed by atoms with Crippen molar-refractivity contribution in [3.05, 3.63) is 10.1 Å². The number of rotatable bonds is 0. The molecule has 0 aromatic rings. The Bertz CT molecular complexity index is 17.1. The zero-order valence-electron chi connectivity index (χ0n) is 2.69. The fraction of sp³-hybridized carbons (Fsp3) is 0. The molecule has 0 aromatic carbocycles. The lowest BCUT2D eigenvalue weighted by Gasteiger charge is -1.36. The fourth-order valence-electron chi connectivity index (χ4n) is 0. The fourth-order valence-corrected chi connectivity index (χ4v) is 0. The van der Waals surface area contributed by atoms with E-state index in [9.17, 15) is 0 Å². The normalized spacial score (nSPS) is 3.40. The second-order valence-electron chi connectivity index (χ2n) is 0.0833. The smallest absolute Gasteiger partial charge is 0.273 e. The van der Waals surface area contributed by atoms with Crippen molar-refractivity contribution in [1.29, 1.82) is 0 Å². The van der Waals surface area contributed by atoms with Crippen molar-refractivity contribution in [2.75, 3.05) is 0 Å². The highest BCUT2D eigenvalue weighted by molar-refractivity contribution is 6.80. The van der Waals surface area contributed by atoms with Crippen molar-refractivity contribution in [3.8, 4) is 0 Å². The Morgan fingerprint density at radius 3 is 1.80 bits per heavy atom. The van der Waals surface area contributed by atoms with Gasteiger partial charge in [0, 0.05) is 5.34 Å². The van der Waals surface area contributed by atoms with Gasteiger partial charge < -0.3 is 0 Å². The van der Waals surface area contributed by atoms with E-state index in [-0.39, 0.29) is 5.34 Å². The van der Waals surface area contributed by atoms with Crippen LogP contribution in [0.15, 0.2) is 0 Å². The van der Waals surface area contributed by atoms with Crippen LogP contribution < -0.4 is 5.34 Å². The van der Waals surface area contributed by atoms with Gasteiger partial charge in [0.05, 0.1) is 0 Å². The predicted molar refractivity (Wildman–Crippen MR) is 22.1 cm³/mol. The van der Waals surface area contributed by atoms with E-state index in [1.54, 1.807) is 0 Å². The third-order valence-electron chi connectivity index (χ3n) is 0. The second kappa shape index (κ2) is 29.3. The summed E-state index contributed by atoms with van der Waals surface area (Å²) in [6, 6.07) is 0. The minimum absolute atomic E-state index is 0.250. The topological polar surface area (TPSA) is 54.1 Å². The van der Waals surface area contributed by atoms with Gasteiger partial charge in [-0.2, -0.15) is 0 Å². The van der Waals surface area contributed by atoms with E-state index in [0.717, 1.165) is 15.4 Å². The molecule has 0 saturated carbocycles. The van der Waals surface area contributed by atoms with Gasteiger partial charge in [0.15, 0.2) is 0 Å². The van der Waals surface area contributed by atoms with Crippen molar-refractivity contribution >= 4 is 25.4 Å². The molecule has 0 saturated heterocycles. The molecule has 0 bridgehead atoms. The first kappa shape index (κ1) is 8.97.